The van der Waals surface area contributed by atoms with E-state index in [9.17, 15) is 13.2 Å². The third-order valence-electron chi connectivity index (χ3n) is 4.00. The van der Waals surface area contributed by atoms with Gasteiger partial charge in [-0.15, -0.1) is 0 Å². The number of hydrogen-bond acceptors (Lipinski definition) is 5. The van der Waals surface area contributed by atoms with E-state index in [1.54, 1.807) is 19.2 Å². The van der Waals surface area contributed by atoms with Crippen molar-refractivity contribution in [1.29, 1.82) is 0 Å². The van der Waals surface area contributed by atoms with Gasteiger partial charge < -0.3 is 14.8 Å². The maximum atomic E-state index is 12.5. The SMILES string of the molecule is COCCOCCCNC(=O)c1ccc(S(=O)(=O)Nc2ccccc2C)cc1. The van der Waals surface area contributed by atoms with Crippen molar-refractivity contribution in [1.82, 2.24) is 5.32 Å². The molecule has 2 aromatic carbocycles. The zero-order valence-corrected chi connectivity index (χ0v) is 16.9. The quantitative estimate of drug-likeness (QED) is 0.560. The molecule has 2 aromatic rings. The molecule has 0 saturated carbocycles. The Morgan fingerprint density at radius 3 is 2.39 bits per heavy atom. The summed E-state index contributed by atoms with van der Waals surface area (Å²) in [7, 11) is -2.11. The minimum atomic E-state index is -3.72. The first-order chi connectivity index (χ1) is 13.4. The Hall–Kier alpha value is -2.42. The second-order valence-electron chi connectivity index (χ2n) is 6.16. The van der Waals surface area contributed by atoms with Crippen molar-refractivity contribution in [3.8, 4) is 0 Å². The molecule has 0 unspecified atom stereocenters. The molecule has 2 N–H and O–H groups in total. The number of amides is 1. The fourth-order valence-electron chi connectivity index (χ4n) is 2.40. The molecule has 2 rings (SSSR count). The van der Waals surface area contributed by atoms with E-state index in [1.165, 1.54) is 24.3 Å². The van der Waals surface area contributed by atoms with Gasteiger partial charge in [0.2, 0.25) is 0 Å². The first-order valence-electron chi connectivity index (χ1n) is 8.97. The molecule has 7 nitrogen and oxygen atoms in total. The van der Waals surface area contributed by atoms with E-state index < -0.39 is 10.0 Å². The minimum Gasteiger partial charge on any atom is -0.382 e. The number of para-hydroxylation sites is 1. The lowest BCUT2D eigenvalue weighted by atomic mass is 10.2. The van der Waals surface area contributed by atoms with Crippen molar-refractivity contribution < 1.29 is 22.7 Å². The van der Waals surface area contributed by atoms with Crippen LogP contribution in [0.1, 0.15) is 22.3 Å². The van der Waals surface area contributed by atoms with Crippen LogP contribution < -0.4 is 10.0 Å². The van der Waals surface area contributed by atoms with Crippen LogP contribution in [-0.4, -0.2) is 47.8 Å². The predicted molar refractivity (Wildman–Crippen MR) is 108 cm³/mol. The number of carbonyl (C=O) groups is 1. The molecule has 0 aromatic heterocycles. The average molecular weight is 407 g/mol. The Morgan fingerprint density at radius 1 is 1.00 bits per heavy atom. The van der Waals surface area contributed by atoms with E-state index in [0.717, 1.165) is 5.56 Å². The molecule has 0 atom stereocenters. The standard InChI is InChI=1S/C20H26N2O5S/c1-16-6-3-4-7-19(16)22-28(24,25)18-10-8-17(9-11-18)20(23)21-12-5-13-27-15-14-26-2/h3-4,6-11,22H,5,12-15H2,1-2H3,(H,21,23). The molecule has 0 bridgehead atoms. The van der Waals surface area contributed by atoms with Gasteiger partial charge in [0.15, 0.2) is 0 Å². The number of methoxy groups -OCH3 is 1. The van der Waals surface area contributed by atoms with E-state index in [2.05, 4.69) is 10.0 Å². The number of sulfonamides is 1. The van der Waals surface area contributed by atoms with Crippen molar-refractivity contribution in [2.75, 3.05) is 38.2 Å². The number of benzene rings is 2. The van der Waals surface area contributed by atoms with Crippen molar-refractivity contribution in [3.63, 3.8) is 0 Å². The van der Waals surface area contributed by atoms with Gasteiger partial charge in [0.1, 0.15) is 0 Å². The Labute approximate surface area is 166 Å². The Balaban J connectivity index is 1.88. The van der Waals surface area contributed by atoms with Crippen LogP contribution in [-0.2, 0) is 19.5 Å². The van der Waals surface area contributed by atoms with E-state index in [1.807, 2.05) is 19.1 Å². The molecule has 28 heavy (non-hydrogen) atoms. The number of hydrogen-bond donors (Lipinski definition) is 2. The summed E-state index contributed by atoms with van der Waals surface area (Å²) in [5.41, 5.74) is 1.75. The molecule has 0 fully saturated rings. The van der Waals surface area contributed by atoms with Crippen molar-refractivity contribution in [3.05, 3.63) is 59.7 Å². The highest BCUT2D eigenvalue weighted by molar-refractivity contribution is 7.92. The van der Waals surface area contributed by atoms with Gasteiger partial charge in [-0.2, -0.15) is 0 Å². The van der Waals surface area contributed by atoms with Crippen LogP contribution in [0.5, 0.6) is 0 Å². The molecule has 1 amide bonds. The molecule has 8 heteroatoms. The molecule has 152 valence electrons. The smallest absolute Gasteiger partial charge is 0.261 e. The van der Waals surface area contributed by atoms with Gasteiger partial charge in [0, 0.05) is 25.8 Å². The van der Waals surface area contributed by atoms with Crippen LogP contribution in [0, 0.1) is 6.92 Å². The monoisotopic (exact) mass is 406 g/mol. The molecule has 0 spiro atoms. The maximum absolute atomic E-state index is 12.5. The van der Waals surface area contributed by atoms with Gasteiger partial charge in [-0.25, -0.2) is 8.42 Å². The van der Waals surface area contributed by atoms with E-state index >= 15 is 0 Å². The van der Waals surface area contributed by atoms with Crippen LogP contribution >= 0.6 is 0 Å². The van der Waals surface area contributed by atoms with Crippen LogP contribution in [0.25, 0.3) is 0 Å². The third kappa shape index (κ3) is 6.63. The summed E-state index contributed by atoms with van der Waals surface area (Å²) in [6.45, 7) is 3.90. The molecule has 0 heterocycles. The lowest BCUT2D eigenvalue weighted by Gasteiger charge is -2.11. The van der Waals surface area contributed by atoms with Crippen LogP contribution in [0.2, 0.25) is 0 Å². The molecule has 0 aliphatic rings. The van der Waals surface area contributed by atoms with Gasteiger partial charge in [-0.05, 0) is 49.2 Å². The number of ether oxygens (including phenoxy) is 2. The molecule has 0 saturated heterocycles. The highest BCUT2D eigenvalue weighted by Gasteiger charge is 2.16. The van der Waals surface area contributed by atoms with E-state index in [0.29, 0.717) is 44.0 Å². The molecular formula is C20H26N2O5S. The fourth-order valence-corrected chi connectivity index (χ4v) is 3.53. The number of aryl methyl sites for hydroxylation is 1. The summed E-state index contributed by atoms with van der Waals surface area (Å²) in [6, 6.07) is 13.0. The Kier molecular flexibility index (Phi) is 8.43. The Bertz CT molecular complexity index is 866. The lowest BCUT2D eigenvalue weighted by Crippen LogP contribution is -2.25. The van der Waals surface area contributed by atoms with Crippen molar-refractivity contribution in [2.24, 2.45) is 0 Å². The molecular weight excluding hydrogens is 380 g/mol. The topological polar surface area (TPSA) is 93.7 Å². The third-order valence-corrected chi connectivity index (χ3v) is 5.38. The van der Waals surface area contributed by atoms with Crippen molar-refractivity contribution >= 4 is 21.6 Å². The second kappa shape index (κ2) is 10.8. The van der Waals surface area contributed by atoms with Crippen LogP contribution in [0.4, 0.5) is 5.69 Å². The Morgan fingerprint density at radius 2 is 1.71 bits per heavy atom. The molecule has 0 aliphatic heterocycles. The van der Waals surface area contributed by atoms with Gasteiger partial charge in [-0.3, -0.25) is 9.52 Å². The van der Waals surface area contributed by atoms with E-state index in [-0.39, 0.29) is 10.8 Å². The summed E-state index contributed by atoms with van der Waals surface area (Å²) in [5.74, 6) is -0.257. The highest BCUT2D eigenvalue weighted by atomic mass is 32.2. The van der Waals surface area contributed by atoms with Crippen molar-refractivity contribution in [2.45, 2.75) is 18.2 Å². The van der Waals surface area contributed by atoms with Gasteiger partial charge in [-0.1, -0.05) is 18.2 Å². The van der Waals surface area contributed by atoms with E-state index in [4.69, 9.17) is 9.47 Å². The highest BCUT2D eigenvalue weighted by Crippen LogP contribution is 2.19. The van der Waals surface area contributed by atoms with Gasteiger partial charge >= 0.3 is 0 Å². The summed E-state index contributed by atoms with van der Waals surface area (Å²) in [6.07, 6.45) is 0.683. The minimum absolute atomic E-state index is 0.0962. The molecule has 0 aliphatic carbocycles. The maximum Gasteiger partial charge on any atom is 0.261 e. The first kappa shape index (κ1) is 21.9. The number of anilines is 1. The summed E-state index contributed by atoms with van der Waals surface area (Å²) >= 11 is 0. The zero-order valence-electron chi connectivity index (χ0n) is 16.1. The summed E-state index contributed by atoms with van der Waals surface area (Å²) in [4.78, 5) is 12.2. The van der Waals surface area contributed by atoms with Gasteiger partial charge in [0.05, 0.1) is 23.8 Å². The fraction of sp³-hybridized carbons (Fsp3) is 0.350. The normalized spacial score (nSPS) is 11.2. The van der Waals surface area contributed by atoms with Crippen LogP contribution in [0.15, 0.2) is 53.4 Å². The summed E-state index contributed by atoms with van der Waals surface area (Å²) in [5, 5.41) is 2.78. The predicted octanol–water partition coefficient (Wildman–Crippen LogP) is 2.58. The lowest BCUT2D eigenvalue weighted by molar-refractivity contribution is 0.0688. The number of carbonyl (C=O) groups excluding carboxylic acids is 1. The largest absolute Gasteiger partial charge is 0.382 e. The number of rotatable bonds is 11. The molecule has 0 radical (unpaired) electrons. The first-order valence-corrected chi connectivity index (χ1v) is 10.5. The van der Waals surface area contributed by atoms with Gasteiger partial charge in [0.25, 0.3) is 15.9 Å². The number of nitrogens with one attached hydrogen (secondary N) is 2. The van der Waals surface area contributed by atoms with Crippen LogP contribution in [0.3, 0.4) is 0 Å². The average Bonchev–Trinajstić information content (AvgIpc) is 2.69. The zero-order chi connectivity index (χ0) is 20.4. The summed E-state index contributed by atoms with van der Waals surface area (Å²) < 4.78 is 37.8. The second-order valence-corrected chi connectivity index (χ2v) is 7.84.